The second-order valence-corrected chi connectivity index (χ2v) is 13.9. The Morgan fingerprint density at radius 1 is 0.392 bits per heavy atom. The fourth-order valence-electron chi connectivity index (χ4n) is 7.57. The van der Waals surface area contributed by atoms with Gasteiger partial charge in [0.15, 0.2) is 17.5 Å². The minimum Gasteiger partial charge on any atom is -0.457 e. The zero-order valence-corrected chi connectivity index (χ0v) is 28.2. The molecule has 5 heteroatoms. The van der Waals surface area contributed by atoms with Crippen LogP contribution in [-0.2, 0) is 5.41 Å². The van der Waals surface area contributed by atoms with Crippen molar-refractivity contribution in [3.05, 3.63) is 198 Å². The average Bonchev–Trinajstić information content (AvgIpc) is 3.58. The molecule has 3 heterocycles. The maximum atomic E-state index is 6.77. The van der Waals surface area contributed by atoms with Crippen LogP contribution >= 0.6 is 11.3 Å². The summed E-state index contributed by atoms with van der Waals surface area (Å²) in [5, 5.41) is 2.51. The van der Waals surface area contributed by atoms with E-state index in [1.807, 2.05) is 36.4 Å². The summed E-state index contributed by atoms with van der Waals surface area (Å²) in [5.74, 6) is 3.44. The van der Waals surface area contributed by atoms with Crippen molar-refractivity contribution in [3.63, 3.8) is 0 Å². The molecule has 9 aromatic rings. The molecular weight excluding hydrogens is 643 g/mol. The zero-order chi connectivity index (χ0) is 33.8. The smallest absolute Gasteiger partial charge is 0.164 e. The third-order valence-electron chi connectivity index (χ3n) is 9.87. The molecule has 0 saturated heterocycles. The summed E-state index contributed by atoms with van der Waals surface area (Å²) in [6.07, 6.45) is 0. The summed E-state index contributed by atoms with van der Waals surface area (Å²) < 4.78 is 9.25. The van der Waals surface area contributed by atoms with Gasteiger partial charge in [-0.3, -0.25) is 0 Å². The van der Waals surface area contributed by atoms with Crippen molar-refractivity contribution in [2.45, 2.75) is 5.41 Å². The number of para-hydroxylation sites is 1. The molecule has 0 fully saturated rings. The highest BCUT2D eigenvalue weighted by Gasteiger charge is 2.45. The van der Waals surface area contributed by atoms with Gasteiger partial charge in [0.2, 0.25) is 0 Å². The van der Waals surface area contributed by atoms with Crippen LogP contribution in [0.3, 0.4) is 0 Å². The molecule has 0 amide bonds. The van der Waals surface area contributed by atoms with Crippen LogP contribution in [0, 0.1) is 0 Å². The second kappa shape index (κ2) is 11.9. The summed E-state index contributed by atoms with van der Waals surface area (Å²) in [6.45, 7) is 0. The van der Waals surface area contributed by atoms with E-state index >= 15 is 0 Å². The van der Waals surface area contributed by atoms with Gasteiger partial charge in [-0.2, -0.15) is 0 Å². The molecule has 4 nitrogen and oxygen atoms in total. The minimum absolute atomic E-state index is 0.588. The van der Waals surface area contributed by atoms with Crippen LogP contribution in [-0.4, -0.2) is 15.0 Å². The maximum Gasteiger partial charge on any atom is 0.164 e. The number of aromatic nitrogens is 3. The maximum absolute atomic E-state index is 6.77. The largest absolute Gasteiger partial charge is 0.457 e. The Labute approximate surface area is 299 Å². The van der Waals surface area contributed by atoms with Crippen LogP contribution in [0.25, 0.3) is 54.3 Å². The van der Waals surface area contributed by atoms with Crippen molar-refractivity contribution in [2.75, 3.05) is 0 Å². The van der Waals surface area contributed by atoms with E-state index in [9.17, 15) is 0 Å². The van der Waals surface area contributed by atoms with Crippen molar-refractivity contribution in [2.24, 2.45) is 0 Å². The van der Waals surface area contributed by atoms with Crippen LogP contribution in [0.15, 0.2) is 176 Å². The molecule has 240 valence electrons. The van der Waals surface area contributed by atoms with Crippen LogP contribution in [0.1, 0.15) is 22.3 Å². The molecule has 10 rings (SSSR count). The minimum atomic E-state index is -0.593. The highest BCUT2D eigenvalue weighted by molar-refractivity contribution is 7.25. The number of thiophene rings is 1. The van der Waals surface area contributed by atoms with Gasteiger partial charge in [0.05, 0.1) is 5.41 Å². The van der Waals surface area contributed by atoms with Crippen LogP contribution < -0.4 is 4.74 Å². The molecule has 2 aromatic heterocycles. The fourth-order valence-corrected chi connectivity index (χ4v) is 8.71. The normalized spacial score (nSPS) is 13.0. The Hall–Kier alpha value is -6.43. The Morgan fingerprint density at radius 3 is 1.65 bits per heavy atom. The van der Waals surface area contributed by atoms with E-state index in [1.54, 1.807) is 11.3 Å². The first-order valence-corrected chi connectivity index (χ1v) is 17.8. The topological polar surface area (TPSA) is 47.9 Å². The van der Waals surface area contributed by atoms with Crippen LogP contribution in [0.2, 0.25) is 0 Å². The fraction of sp³-hybridized carbons (Fsp3) is 0.0217. The Bertz CT molecular complexity index is 2690. The average molecular weight is 672 g/mol. The third kappa shape index (κ3) is 4.78. The highest BCUT2D eigenvalue weighted by atomic mass is 32.1. The molecule has 0 atom stereocenters. The lowest BCUT2D eigenvalue weighted by molar-refractivity contribution is 0.434. The van der Waals surface area contributed by atoms with Gasteiger partial charge in [-0.25, -0.2) is 15.0 Å². The lowest BCUT2D eigenvalue weighted by Gasteiger charge is -2.41. The number of fused-ring (bicyclic) bond motifs is 5. The molecule has 0 N–H and O–H groups in total. The van der Waals surface area contributed by atoms with E-state index < -0.39 is 5.41 Å². The Kier molecular flexibility index (Phi) is 6.86. The first-order chi connectivity index (χ1) is 25.3. The highest BCUT2D eigenvalue weighted by Crippen LogP contribution is 2.55. The van der Waals surface area contributed by atoms with Gasteiger partial charge in [0.25, 0.3) is 0 Å². The molecule has 1 aliphatic rings. The summed E-state index contributed by atoms with van der Waals surface area (Å²) in [7, 11) is 0. The number of hydrogen-bond donors (Lipinski definition) is 0. The van der Waals surface area contributed by atoms with E-state index in [1.165, 1.54) is 31.3 Å². The van der Waals surface area contributed by atoms with Crippen molar-refractivity contribution in [1.82, 2.24) is 15.0 Å². The predicted octanol–water partition coefficient (Wildman–Crippen LogP) is 11.7. The van der Waals surface area contributed by atoms with E-state index in [4.69, 9.17) is 19.7 Å². The molecule has 7 aromatic carbocycles. The zero-order valence-electron chi connectivity index (χ0n) is 27.4. The van der Waals surface area contributed by atoms with Crippen molar-refractivity contribution in [3.8, 4) is 45.7 Å². The van der Waals surface area contributed by atoms with Gasteiger partial charge in [-0.15, -0.1) is 11.3 Å². The van der Waals surface area contributed by atoms with E-state index in [-0.39, 0.29) is 0 Å². The van der Waals surface area contributed by atoms with Gasteiger partial charge in [0, 0.05) is 48.0 Å². The number of benzene rings is 7. The van der Waals surface area contributed by atoms with Gasteiger partial charge < -0.3 is 4.74 Å². The van der Waals surface area contributed by atoms with Crippen molar-refractivity contribution in [1.29, 1.82) is 0 Å². The summed E-state index contributed by atoms with van der Waals surface area (Å²) in [6, 6.07) is 61.4. The lowest BCUT2D eigenvalue weighted by atomic mass is 9.63. The van der Waals surface area contributed by atoms with Gasteiger partial charge in [-0.05, 0) is 35.4 Å². The van der Waals surface area contributed by atoms with Crippen LogP contribution in [0.5, 0.6) is 11.5 Å². The molecule has 0 unspecified atom stereocenters. The van der Waals surface area contributed by atoms with Crippen LogP contribution in [0.4, 0.5) is 0 Å². The quantitative estimate of drug-likeness (QED) is 0.183. The monoisotopic (exact) mass is 671 g/mol. The predicted molar refractivity (Wildman–Crippen MR) is 207 cm³/mol. The van der Waals surface area contributed by atoms with Crippen molar-refractivity contribution < 1.29 is 4.74 Å². The Morgan fingerprint density at radius 2 is 0.922 bits per heavy atom. The number of ether oxygens (including phenoxy) is 1. The molecule has 0 bridgehead atoms. The number of rotatable bonds is 5. The number of hydrogen-bond acceptors (Lipinski definition) is 5. The molecule has 1 aliphatic heterocycles. The molecule has 0 saturated carbocycles. The van der Waals surface area contributed by atoms with Gasteiger partial charge in [0.1, 0.15) is 11.5 Å². The standard InChI is InChI=1S/C46H29N3OS/c1-4-14-30(15-5-1)43-47-44(49-45(48-43)32-24-26-36-35-20-10-13-23-41(35)51-42(36)29-32)31-25-27-38-40(28-31)50-39-22-12-11-21-37(39)46(38,33-16-6-2-7-17-33)34-18-8-3-9-19-34/h1-29H. The summed E-state index contributed by atoms with van der Waals surface area (Å²) in [5.41, 5.74) is 6.66. The first-order valence-electron chi connectivity index (χ1n) is 17.0. The van der Waals surface area contributed by atoms with Crippen molar-refractivity contribution >= 4 is 31.5 Å². The van der Waals surface area contributed by atoms with E-state index in [2.05, 4.69) is 140 Å². The first kappa shape index (κ1) is 29.5. The van der Waals surface area contributed by atoms with Gasteiger partial charge >= 0.3 is 0 Å². The molecule has 0 aliphatic carbocycles. The summed E-state index contributed by atoms with van der Waals surface area (Å²) in [4.78, 5) is 15.2. The SMILES string of the molecule is c1ccc(-c2nc(-c3ccc4c(c3)Oc3ccccc3C4(c3ccccc3)c3ccccc3)nc(-c3ccc4c(c3)sc3ccccc34)n2)cc1. The lowest BCUT2D eigenvalue weighted by Crippen LogP contribution is -2.34. The number of nitrogens with zero attached hydrogens (tertiary/aromatic N) is 3. The van der Waals surface area contributed by atoms with Gasteiger partial charge in [-0.1, -0.05) is 152 Å². The van der Waals surface area contributed by atoms with E-state index in [0.717, 1.165) is 39.3 Å². The molecular formula is C46H29N3OS. The third-order valence-corrected chi connectivity index (χ3v) is 11.0. The second-order valence-electron chi connectivity index (χ2n) is 12.8. The molecule has 51 heavy (non-hydrogen) atoms. The molecule has 0 spiro atoms. The Balaban J connectivity index is 1.18. The summed E-state index contributed by atoms with van der Waals surface area (Å²) >= 11 is 1.79. The molecule has 0 radical (unpaired) electrons. The van der Waals surface area contributed by atoms with E-state index in [0.29, 0.717) is 17.5 Å².